The molecule has 1 aliphatic rings. The number of hydrogen-bond acceptors (Lipinski definition) is 3. The third-order valence-electron chi connectivity index (χ3n) is 5.77. The molecule has 1 fully saturated rings. The molecule has 2 aromatic carbocycles. The second kappa shape index (κ2) is 12.6. The Balaban J connectivity index is 1.56. The number of hydrogen-bond donors (Lipinski definition) is 2. The predicted molar refractivity (Wildman–Crippen MR) is 133 cm³/mol. The molecule has 3 rings (SSSR count). The van der Waals surface area contributed by atoms with Gasteiger partial charge in [-0.25, -0.2) is 0 Å². The van der Waals surface area contributed by atoms with E-state index in [0.717, 1.165) is 35.9 Å². The lowest BCUT2D eigenvalue weighted by atomic mass is 9.95. The lowest BCUT2D eigenvalue weighted by Crippen LogP contribution is -2.36. The van der Waals surface area contributed by atoms with Crippen molar-refractivity contribution in [3.05, 3.63) is 58.1 Å². The fraction of sp³-hybridized carbons (Fsp3) is 0.462. The molecule has 0 unspecified atom stereocenters. The number of amides is 2. The Bertz CT molecular complexity index is 910. The third kappa shape index (κ3) is 7.37. The number of anilines is 1. The lowest BCUT2D eigenvalue weighted by Gasteiger charge is -2.22. The molecule has 0 heterocycles. The summed E-state index contributed by atoms with van der Waals surface area (Å²) in [6.07, 6.45) is 10.2. The van der Waals surface area contributed by atoms with E-state index in [-0.39, 0.29) is 17.9 Å². The van der Waals surface area contributed by atoms with Crippen molar-refractivity contribution in [2.75, 3.05) is 11.9 Å². The van der Waals surface area contributed by atoms with Crippen molar-refractivity contribution >= 4 is 33.4 Å². The molecule has 1 saturated carbocycles. The van der Waals surface area contributed by atoms with E-state index in [2.05, 4.69) is 33.5 Å². The van der Waals surface area contributed by atoms with Crippen LogP contribution in [0, 0.1) is 0 Å². The largest absolute Gasteiger partial charge is 0.492 e. The molecular formula is C26H33BrN2O3. The molecule has 32 heavy (non-hydrogen) atoms. The van der Waals surface area contributed by atoms with E-state index < -0.39 is 0 Å². The monoisotopic (exact) mass is 500 g/mol. The normalized spacial score (nSPS) is 14.1. The van der Waals surface area contributed by atoms with Gasteiger partial charge in [0.05, 0.1) is 11.1 Å². The number of nitrogens with one attached hydrogen (secondary N) is 2. The molecule has 0 radical (unpaired) electrons. The van der Waals surface area contributed by atoms with Crippen molar-refractivity contribution in [3.8, 4) is 5.75 Å². The Hall–Kier alpha value is -2.34. The smallest absolute Gasteiger partial charge is 0.255 e. The molecule has 0 spiro atoms. The van der Waals surface area contributed by atoms with E-state index >= 15 is 0 Å². The van der Waals surface area contributed by atoms with E-state index in [0.29, 0.717) is 23.4 Å². The quantitative estimate of drug-likeness (QED) is 0.355. The zero-order valence-corrected chi connectivity index (χ0v) is 20.4. The van der Waals surface area contributed by atoms with Crippen molar-refractivity contribution in [2.24, 2.45) is 0 Å². The highest BCUT2D eigenvalue weighted by Gasteiger charge is 2.17. The van der Waals surface area contributed by atoms with Crippen LogP contribution in [0.4, 0.5) is 5.69 Å². The molecular weight excluding hydrogens is 468 g/mol. The van der Waals surface area contributed by atoms with Crippen LogP contribution in [0.15, 0.2) is 46.9 Å². The number of benzene rings is 2. The molecule has 1 aliphatic carbocycles. The van der Waals surface area contributed by atoms with Crippen LogP contribution in [0.2, 0.25) is 0 Å². The standard InChI is InChI=1S/C26H33BrN2O3/c1-2-3-4-8-16-32-24-15-14-20(18-23(24)27)26(31)29-22-13-9-10-19(17-22)25(30)28-21-11-6-5-7-12-21/h9-10,13-15,17-18,21H,2-8,11-12,16H2,1H3,(H,28,30)(H,29,31). The van der Waals surface area contributed by atoms with Gasteiger partial charge in [0.1, 0.15) is 5.75 Å². The van der Waals surface area contributed by atoms with Gasteiger partial charge >= 0.3 is 0 Å². The van der Waals surface area contributed by atoms with Crippen LogP contribution in [-0.2, 0) is 0 Å². The minimum absolute atomic E-state index is 0.0869. The molecule has 0 aliphatic heterocycles. The van der Waals surface area contributed by atoms with Crippen LogP contribution in [-0.4, -0.2) is 24.5 Å². The van der Waals surface area contributed by atoms with Crippen molar-refractivity contribution < 1.29 is 14.3 Å². The first-order valence-electron chi connectivity index (χ1n) is 11.7. The first kappa shape index (κ1) is 24.3. The summed E-state index contributed by atoms with van der Waals surface area (Å²) in [7, 11) is 0. The fourth-order valence-electron chi connectivity index (χ4n) is 3.93. The SMILES string of the molecule is CCCCCCOc1ccc(C(=O)Nc2cccc(C(=O)NC3CCCCC3)c2)cc1Br. The summed E-state index contributed by atoms with van der Waals surface area (Å²) in [5, 5.41) is 6.01. The summed E-state index contributed by atoms with van der Waals surface area (Å²) in [6.45, 7) is 2.85. The highest BCUT2D eigenvalue weighted by Crippen LogP contribution is 2.27. The maximum absolute atomic E-state index is 12.7. The number of unbranched alkanes of at least 4 members (excludes halogenated alkanes) is 3. The van der Waals surface area contributed by atoms with Gasteiger partial charge in [0, 0.05) is 22.9 Å². The molecule has 2 aromatic rings. The van der Waals surface area contributed by atoms with Crippen molar-refractivity contribution in [3.63, 3.8) is 0 Å². The van der Waals surface area contributed by atoms with E-state index in [9.17, 15) is 9.59 Å². The van der Waals surface area contributed by atoms with Crippen LogP contribution >= 0.6 is 15.9 Å². The summed E-state index contributed by atoms with van der Waals surface area (Å²) in [4.78, 5) is 25.3. The Morgan fingerprint density at radius 2 is 1.75 bits per heavy atom. The summed E-state index contributed by atoms with van der Waals surface area (Å²) in [6, 6.07) is 12.6. The van der Waals surface area contributed by atoms with Gasteiger partial charge in [-0.15, -0.1) is 0 Å². The van der Waals surface area contributed by atoms with Gasteiger partial charge in [0.25, 0.3) is 11.8 Å². The average molecular weight is 501 g/mol. The Morgan fingerprint density at radius 3 is 2.50 bits per heavy atom. The topological polar surface area (TPSA) is 67.4 Å². The highest BCUT2D eigenvalue weighted by atomic mass is 79.9. The van der Waals surface area contributed by atoms with Crippen molar-refractivity contribution in [1.29, 1.82) is 0 Å². The molecule has 0 aromatic heterocycles. The first-order chi connectivity index (χ1) is 15.6. The van der Waals surface area contributed by atoms with Gasteiger partial charge in [-0.1, -0.05) is 51.5 Å². The van der Waals surface area contributed by atoms with Gasteiger partial charge < -0.3 is 15.4 Å². The zero-order valence-electron chi connectivity index (χ0n) is 18.8. The number of halogens is 1. The van der Waals surface area contributed by atoms with Crippen LogP contribution in [0.5, 0.6) is 5.75 Å². The van der Waals surface area contributed by atoms with Gasteiger partial charge in [-0.05, 0) is 71.6 Å². The average Bonchev–Trinajstić information content (AvgIpc) is 2.80. The summed E-state index contributed by atoms with van der Waals surface area (Å²) in [5.74, 6) is 0.417. The summed E-state index contributed by atoms with van der Waals surface area (Å²) in [5.41, 5.74) is 1.67. The van der Waals surface area contributed by atoms with E-state index in [1.807, 2.05) is 6.07 Å². The van der Waals surface area contributed by atoms with Crippen LogP contribution in [0.1, 0.15) is 85.4 Å². The van der Waals surface area contributed by atoms with Gasteiger partial charge in [-0.2, -0.15) is 0 Å². The minimum Gasteiger partial charge on any atom is -0.492 e. The van der Waals surface area contributed by atoms with Gasteiger partial charge in [-0.3, -0.25) is 9.59 Å². The summed E-state index contributed by atoms with van der Waals surface area (Å²) < 4.78 is 6.57. The maximum atomic E-state index is 12.7. The third-order valence-corrected chi connectivity index (χ3v) is 6.39. The van der Waals surface area contributed by atoms with Crippen LogP contribution < -0.4 is 15.4 Å². The fourth-order valence-corrected chi connectivity index (χ4v) is 4.42. The van der Waals surface area contributed by atoms with Crippen molar-refractivity contribution in [2.45, 2.75) is 70.8 Å². The second-order valence-corrected chi connectivity index (χ2v) is 9.25. The zero-order chi connectivity index (χ0) is 22.8. The van der Waals surface area contributed by atoms with E-state index in [1.54, 1.807) is 36.4 Å². The molecule has 172 valence electrons. The Morgan fingerprint density at radius 1 is 0.969 bits per heavy atom. The molecule has 0 bridgehead atoms. The van der Waals surface area contributed by atoms with Crippen molar-refractivity contribution in [1.82, 2.24) is 5.32 Å². The Kier molecular flexibility index (Phi) is 9.60. The number of carbonyl (C=O) groups is 2. The second-order valence-electron chi connectivity index (χ2n) is 8.40. The van der Waals surface area contributed by atoms with E-state index in [1.165, 1.54) is 32.1 Å². The van der Waals surface area contributed by atoms with Crippen LogP contribution in [0.25, 0.3) is 0 Å². The van der Waals surface area contributed by atoms with E-state index in [4.69, 9.17) is 4.74 Å². The molecule has 0 saturated heterocycles. The molecule has 2 amide bonds. The Labute approximate surface area is 199 Å². The number of rotatable bonds is 10. The lowest BCUT2D eigenvalue weighted by molar-refractivity contribution is 0.0926. The number of ether oxygens (including phenoxy) is 1. The number of carbonyl (C=O) groups excluding carboxylic acids is 2. The highest BCUT2D eigenvalue weighted by molar-refractivity contribution is 9.10. The molecule has 5 nitrogen and oxygen atoms in total. The molecule has 6 heteroatoms. The molecule has 0 atom stereocenters. The first-order valence-corrected chi connectivity index (χ1v) is 12.5. The minimum atomic E-state index is -0.231. The molecule has 2 N–H and O–H groups in total. The van der Waals surface area contributed by atoms with Gasteiger partial charge in [0.15, 0.2) is 0 Å². The maximum Gasteiger partial charge on any atom is 0.255 e. The van der Waals surface area contributed by atoms with Crippen LogP contribution in [0.3, 0.4) is 0 Å². The summed E-state index contributed by atoms with van der Waals surface area (Å²) >= 11 is 3.50. The predicted octanol–water partition coefficient (Wildman–Crippen LogP) is 6.72. The van der Waals surface area contributed by atoms with Gasteiger partial charge in [0.2, 0.25) is 0 Å².